The number of sulfone groups is 2. The van der Waals surface area contributed by atoms with Crippen molar-refractivity contribution in [1.29, 1.82) is 0 Å². The van der Waals surface area contributed by atoms with Crippen LogP contribution in [0.4, 0.5) is 0 Å². The van der Waals surface area contributed by atoms with Crippen LogP contribution < -0.4 is 0 Å². The molecule has 1 rings (SSSR count). The monoisotopic (exact) mass is 332 g/mol. The Balaban J connectivity index is 2.76. The van der Waals surface area contributed by atoms with Crippen LogP contribution in [0.1, 0.15) is 35.7 Å². The molecule has 5 nitrogen and oxygen atoms in total. The van der Waals surface area contributed by atoms with Crippen molar-refractivity contribution in [3.05, 3.63) is 35.4 Å². The highest BCUT2D eigenvalue weighted by atomic mass is 32.2. The first-order chi connectivity index (χ1) is 9.50. The summed E-state index contributed by atoms with van der Waals surface area (Å²) in [6, 6.07) is 6.79. The van der Waals surface area contributed by atoms with E-state index in [1.807, 2.05) is 13.8 Å². The van der Waals surface area contributed by atoms with Gasteiger partial charge >= 0.3 is 0 Å². The highest BCUT2D eigenvalue weighted by Gasteiger charge is 2.20. The van der Waals surface area contributed by atoms with Gasteiger partial charge in [-0.2, -0.15) is 0 Å². The van der Waals surface area contributed by atoms with Gasteiger partial charge in [-0.05, 0) is 11.5 Å². The molecule has 1 aromatic carbocycles. The largest absolute Gasteiger partial charge is 0.293 e. The SMILES string of the molecule is CC(C)c1ccc(C(=O)CS(=O)(=O)CCS(C)(=O)=O)cc1. The fourth-order valence-electron chi connectivity index (χ4n) is 1.69. The molecular weight excluding hydrogens is 312 g/mol. The van der Waals surface area contributed by atoms with E-state index in [1.54, 1.807) is 24.3 Å². The lowest BCUT2D eigenvalue weighted by Gasteiger charge is -2.07. The molecule has 21 heavy (non-hydrogen) atoms. The summed E-state index contributed by atoms with van der Waals surface area (Å²) in [5.74, 6) is -1.84. The van der Waals surface area contributed by atoms with Crippen molar-refractivity contribution < 1.29 is 21.6 Å². The van der Waals surface area contributed by atoms with Gasteiger partial charge in [0.25, 0.3) is 0 Å². The summed E-state index contributed by atoms with van der Waals surface area (Å²) in [4.78, 5) is 11.9. The van der Waals surface area contributed by atoms with Gasteiger partial charge in [0.15, 0.2) is 15.6 Å². The van der Waals surface area contributed by atoms with E-state index < -0.39 is 42.7 Å². The number of carbonyl (C=O) groups is 1. The lowest BCUT2D eigenvalue weighted by atomic mass is 10.0. The van der Waals surface area contributed by atoms with Crippen LogP contribution >= 0.6 is 0 Å². The van der Waals surface area contributed by atoms with E-state index in [4.69, 9.17) is 0 Å². The van der Waals surface area contributed by atoms with E-state index in [9.17, 15) is 21.6 Å². The van der Waals surface area contributed by atoms with Crippen molar-refractivity contribution in [1.82, 2.24) is 0 Å². The van der Waals surface area contributed by atoms with Crippen molar-refractivity contribution in [2.75, 3.05) is 23.5 Å². The maximum Gasteiger partial charge on any atom is 0.177 e. The number of hydrogen-bond acceptors (Lipinski definition) is 5. The molecule has 0 amide bonds. The number of hydrogen-bond donors (Lipinski definition) is 0. The van der Waals surface area contributed by atoms with Gasteiger partial charge in [0.05, 0.1) is 11.5 Å². The molecule has 0 radical (unpaired) electrons. The number of rotatable bonds is 7. The van der Waals surface area contributed by atoms with Crippen LogP contribution in [-0.4, -0.2) is 46.1 Å². The second-order valence-corrected chi connectivity index (χ2v) is 9.87. The zero-order valence-electron chi connectivity index (χ0n) is 12.4. The Morgan fingerprint density at radius 2 is 1.52 bits per heavy atom. The zero-order valence-corrected chi connectivity index (χ0v) is 14.0. The van der Waals surface area contributed by atoms with Crippen LogP contribution in [0.2, 0.25) is 0 Å². The van der Waals surface area contributed by atoms with Crippen LogP contribution in [0.3, 0.4) is 0 Å². The predicted molar refractivity (Wildman–Crippen MR) is 83.2 cm³/mol. The van der Waals surface area contributed by atoms with E-state index in [2.05, 4.69) is 0 Å². The molecule has 118 valence electrons. The fraction of sp³-hybridized carbons (Fsp3) is 0.500. The van der Waals surface area contributed by atoms with Gasteiger partial charge in [-0.15, -0.1) is 0 Å². The third kappa shape index (κ3) is 6.39. The van der Waals surface area contributed by atoms with Crippen molar-refractivity contribution in [2.45, 2.75) is 19.8 Å². The normalized spacial score (nSPS) is 12.6. The van der Waals surface area contributed by atoms with Gasteiger partial charge in [-0.25, -0.2) is 16.8 Å². The van der Waals surface area contributed by atoms with Crippen LogP contribution in [0.15, 0.2) is 24.3 Å². The van der Waals surface area contributed by atoms with Gasteiger partial charge in [0, 0.05) is 11.8 Å². The number of Topliss-reactive ketones (excluding diaryl/α,β-unsaturated/α-hetero) is 1. The van der Waals surface area contributed by atoms with Gasteiger partial charge in [0.1, 0.15) is 15.6 Å². The molecule has 0 aliphatic rings. The third-order valence-electron chi connectivity index (χ3n) is 3.02. The molecule has 0 saturated heterocycles. The first-order valence-corrected chi connectivity index (χ1v) is 10.4. The molecule has 7 heteroatoms. The van der Waals surface area contributed by atoms with Crippen LogP contribution in [0.25, 0.3) is 0 Å². The summed E-state index contributed by atoms with van der Waals surface area (Å²) >= 11 is 0. The minimum absolute atomic E-state index is 0.322. The van der Waals surface area contributed by atoms with Gasteiger partial charge < -0.3 is 0 Å². The summed E-state index contributed by atoms with van der Waals surface area (Å²) in [5, 5.41) is 0. The summed E-state index contributed by atoms with van der Waals surface area (Å²) < 4.78 is 45.5. The molecule has 0 atom stereocenters. The predicted octanol–water partition coefficient (Wildman–Crippen LogP) is 1.45. The molecule has 0 heterocycles. The fourth-order valence-corrected chi connectivity index (χ4v) is 4.62. The second-order valence-electron chi connectivity index (χ2n) is 5.42. The van der Waals surface area contributed by atoms with Crippen LogP contribution in [0, 0.1) is 0 Å². The Labute approximate surface area is 126 Å². The number of benzene rings is 1. The topological polar surface area (TPSA) is 85.3 Å². The molecule has 0 aliphatic carbocycles. The van der Waals surface area contributed by atoms with Crippen molar-refractivity contribution in [3.8, 4) is 0 Å². The molecular formula is C14H20O5S2. The van der Waals surface area contributed by atoms with Crippen LogP contribution in [-0.2, 0) is 19.7 Å². The summed E-state index contributed by atoms with van der Waals surface area (Å²) in [7, 11) is -7.08. The molecule has 0 aliphatic heterocycles. The quantitative estimate of drug-likeness (QED) is 0.706. The molecule has 0 fully saturated rings. The van der Waals surface area contributed by atoms with E-state index in [-0.39, 0.29) is 0 Å². The Hall–Kier alpha value is -1.21. The summed E-state index contributed by atoms with van der Waals surface area (Å²) in [6.07, 6.45) is 0.967. The van der Waals surface area contributed by atoms with Crippen LogP contribution in [0.5, 0.6) is 0 Å². The highest BCUT2D eigenvalue weighted by molar-refractivity contribution is 7.95. The standard InChI is InChI=1S/C14H20O5S2/c1-11(2)12-4-6-13(7-5-12)14(15)10-21(18,19)9-8-20(3,16)17/h4-7,11H,8-10H2,1-3H3. The Morgan fingerprint density at radius 1 is 1.00 bits per heavy atom. The van der Waals surface area contributed by atoms with Gasteiger partial charge in [0.2, 0.25) is 0 Å². The van der Waals surface area contributed by atoms with Gasteiger partial charge in [-0.1, -0.05) is 38.1 Å². The Morgan fingerprint density at radius 3 is 1.95 bits per heavy atom. The lowest BCUT2D eigenvalue weighted by Crippen LogP contribution is -2.23. The minimum atomic E-state index is -3.72. The number of ketones is 1. The maximum atomic E-state index is 11.9. The van der Waals surface area contributed by atoms with E-state index in [0.717, 1.165) is 11.8 Å². The Kier molecular flexibility index (Phi) is 5.69. The summed E-state index contributed by atoms with van der Waals surface area (Å²) in [5.41, 5.74) is 1.38. The molecule has 0 spiro atoms. The average molecular weight is 332 g/mol. The lowest BCUT2D eigenvalue weighted by molar-refractivity contribution is 0.102. The smallest absolute Gasteiger partial charge is 0.177 e. The second kappa shape index (κ2) is 6.70. The minimum Gasteiger partial charge on any atom is -0.293 e. The van der Waals surface area contributed by atoms with E-state index >= 15 is 0 Å². The highest BCUT2D eigenvalue weighted by Crippen LogP contribution is 2.15. The maximum absolute atomic E-state index is 11.9. The van der Waals surface area contributed by atoms with Crippen molar-refractivity contribution >= 4 is 25.5 Å². The Bertz CT molecular complexity index is 698. The van der Waals surface area contributed by atoms with E-state index in [1.165, 1.54) is 0 Å². The molecule has 0 N–H and O–H groups in total. The first-order valence-electron chi connectivity index (χ1n) is 6.51. The first kappa shape index (κ1) is 17.8. The average Bonchev–Trinajstić information content (AvgIpc) is 2.35. The molecule has 0 saturated carbocycles. The van der Waals surface area contributed by atoms with Crippen molar-refractivity contribution in [3.63, 3.8) is 0 Å². The van der Waals surface area contributed by atoms with Crippen molar-refractivity contribution in [2.24, 2.45) is 0 Å². The molecule has 1 aromatic rings. The molecule has 0 unspecified atom stereocenters. The molecule has 0 aromatic heterocycles. The third-order valence-corrected chi connectivity index (χ3v) is 5.75. The number of carbonyl (C=O) groups excluding carboxylic acids is 1. The van der Waals surface area contributed by atoms with Gasteiger partial charge in [-0.3, -0.25) is 4.79 Å². The summed E-state index contributed by atoms with van der Waals surface area (Å²) in [6.45, 7) is 4.04. The van der Waals surface area contributed by atoms with E-state index in [0.29, 0.717) is 11.5 Å². The zero-order chi connectivity index (χ0) is 16.3. The molecule has 0 bridgehead atoms.